The molecule has 2 N–H and O–H groups in total. The molecule has 0 saturated heterocycles. The van der Waals surface area contributed by atoms with Gasteiger partial charge in [0.25, 0.3) is 0 Å². The third kappa shape index (κ3) is 2.74. The molecule has 1 fully saturated rings. The average molecular weight is 387 g/mol. The first-order valence-corrected chi connectivity index (χ1v) is 9.64. The topological polar surface area (TPSA) is 74.6 Å². The van der Waals surface area contributed by atoms with Crippen LogP contribution in [0, 0.1) is 5.41 Å². The third-order valence-corrected chi connectivity index (χ3v) is 7.48. The summed E-state index contributed by atoms with van der Waals surface area (Å²) >= 11 is 11.8. The second-order valence-corrected chi connectivity index (χ2v) is 8.94. The van der Waals surface area contributed by atoms with Gasteiger partial charge in [-0.05, 0) is 42.0 Å². The summed E-state index contributed by atoms with van der Waals surface area (Å²) in [5, 5.41) is 19.6. The Kier molecular flexibility index (Phi) is 4.66. The van der Waals surface area contributed by atoms with Crippen LogP contribution in [0.1, 0.15) is 11.5 Å². The Morgan fingerprint density at radius 1 is 0.958 bits per heavy atom. The molecule has 0 unspecified atom stereocenters. The van der Waals surface area contributed by atoms with E-state index in [1.165, 1.54) is 24.3 Å². The van der Waals surface area contributed by atoms with E-state index in [9.17, 15) is 18.6 Å². The van der Waals surface area contributed by atoms with Gasteiger partial charge in [-0.25, -0.2) is 8.42 Å². The van der Waals surface area contributed by atoms with Crippen LogP contribution in [0.5, 0.6) is 0 Å². The van der Waals surface area contributed by atoms with Gasteiger partial charge in [0.05, 0.1) is 23.4 Å². The minimum absolute atomic E-state index is 0.118. The largest absolute Gasteiger partial charge is 0.396 e. The highest BCUT2D eigenvalue weighted by atomic mass is 35.5. The molecule has 0 aliphatic heterocycles. The average Bonchev–Trinajstić information content (AvgIpc) is 3.26. The maximum absolute atomic E-state index is 13.0. The number of aliphatic hydroxyl groups excluding tert-OH is 2. The van der Waals surface area contributed by atoms with Crippen LogP contribution in [0.2, 0.25) is 10.0 Å². The Bertz CT molecular complexity index is 845. The monoisotopic (exact) mass is 386 g/mol. The fourth-order valence-electron chi connectivity index (χ4n) is 3.35. The van der Waals surface area contributed by atoms with Crippen molar-refractivity contribution in [1.29, 1.82) is 0 Å². The maximum Gasteiger partial charge on any atom is 0.182 e. The van der Waals surface area contributed by atoms with E-state index in [1.807, 2.05) is 0 Å². The van der Waals surface area contributed by atoms with Crippen LogP contribution in [0.25, 0.3) is 0 Å². The Balaban J connectivity index is 2.06. The molecule has 0 spiro atoms. The minimum Gasteiger partial charge on any atom is -0.396 e. The number of benzene rings is 2. The van der Waals surface area contributed by atoms with Crippen LogP contribution in [-0.2, 0) is 9.84 Å². The molecule has 4 nitrogen and oxygen atoms in total. The first kappa shape index (κ1) is 17.7. The summed E-state index contributed by atoms with van der Waals surface area (Å²) in [5.74, 6) is -0.521. The van der Waals surface area contributed by atoms with E-state index in [1.54, 1.807) is 24.3 Å². The van der Waals surface area contributed by atoms with E-state index in [0.717, 1.165) is 0 Å². The van der Waals surface area contributed by atoms with E-state index in [2.05, 4.69) is 0 Å². The first-order valence-electron chi connectivity index (χ1n) is 7.33. The molecule has 1 saturated carbocycles. The molecule has 24 heavy (non-hydrogen) atoms. The van der Waals surface area contributed by atoms with Crippen LogP contribution < -0.4 is 0 Å². The smallest absolute Gasteiger partial charge is 0.182 e. The highest BCUT2D eigenvalue weighted by Gasteiger charge is 2.70. The van der Waals surface area contributed by atoms with Gasteiger partial charge in [-0.15, -0.1) is 0 Å². The Hall–Kier alpha value is -1.11. The molecule has 0 bridgehead atoms. The lowest BCUT2D eigenvalue weighted by Gasteiger charge is -2.11. The quantitative estimate of drug-likeness (QED) is 0.828. The SMILES string of the molecule is O=S(=O)(c1ccc(Cl)cc1)[C@@H]1[C@@H](c2cccc(Cl)c2)C1(CO)CO. The fraction of sp³-hybridized carbons (Fsp3) is 0.294. The lowest BCUT2D eigenvalue weighted by atomic mass is 10.0. The molecule has 1 aliphatic rings. The molecule has 128 valence electrons. The molecule has 0 aromatic heterocycles. The van der Waals surface area contributed by atoms with Crippen molar-refractivity contribution >= 4 is 33.0 Å². The number of halogens is 2. The molecular weight excluding hydrogens is 371 g/mol. The van der Waals surface area contributed by atoms with Crippen LogP contribution in [0.3, 0.4) is 0 Å². The molecule has 2 aromatic carbocycles. The summed E-state index contributed by atoms with van der Waals surface area (Å²) in [7, 11) is -3.75. The number of hydrogen-bond acceptors (Lipinski definition) is 4. The molecule has 7 heteroatoms. The van der Waals surface area contributed by atoms with Crippen molar-refractivity contribution in [1.82, 2.24) is 0 Å². The van der Waals surface area contributed by atoms with Gasteiger partial charge < -0.3 is 10.2 Å². The summed E-state index contributed by atoms with van der Waals surface area (Å²) < 4.78 is 26.0. The van der Waals surface area contributed by atoms with Crippen molar-refractivity contribution in [2.75, 3.05) is 13.2 Å². The summed E-state index contributed by atoms with van der Waals surface area (Å²) in [6.45, 7) is -0.865. The van der Waals surface area contributed by atoms with E-state index in [4.69, 9.17) is 23.2 Å². The van der Waals surface area contributed by atoms with Gasteiger partial charge in [-0.3, -0.25) is 0 Å². The number of hydrogen-bond donors (Lipinski definition) is 2. The highest BCUT2D eigenvalue weighted by molar-refractivity contribution is 7.92. The van der Waals surface area contributed by atoms with Gasteiger partial charge in [0.15, 0.2) is 9.84 Å². The van der Waals surface area contributed by atoms with Gasteiger partial charge in [-0.2, -0.15) is 0 Å². The standard InChI is InChI=1S/C17H16Cl2O4S/c18-12-4-6-14(7-5-12)24(22,23)16-15(17(16,9-20)10-21)11-2-1-3-13(19)8-11/h1-8,15-16,20-21H,9-10H2/t15-,16-/m1/s1. The van der Waals surface area contributed by atoms with Crippen LogP contribution in [0.4, 0.5) is 0 Å². The van der Waals surface area contributed by atoms with Crippen LogP contribution >= 0.6 is 23.2 Å². The zero-order chi connectivity index (χ0) is 17.5. The van der Waals surface area contributed by atoms with Crippen molar-refractivity contribution in [3.05, 3.63) is 64.1 Å². The molecule has 3 rings (SSSR count). The van der Waals surface area contributed by atoms with Gasteiger partial charge in [0.1, 0.15) is 0 Å². The van der Waals surface area contributed by atoms with Crippen molar-refractivity contribution < 1.29 is 18.6 Å². The summed E-state index contributed by atoms with van der Waals surface area (Å²) in [5.41, 5.74) is -0.434. The van der Waals surface area contributed by atoms with Gasteiger partial charge >= 0.3 is 0 Å². The Morgan fingerprint density at radius 3 is 2.12 bits per heavy atom. The second-order valence-electron chi connectivity index (χ2n) is 6.00. The predicted molar refractivity (Wildman–Crippen MR) is 93.2 cm³/mol. The molecule has 2 aromatic rings. The minimum atomic E-state index is -3.75. The van der Waals surface area contributed by atoms with Gasteiger partial charge in [0.2, 0.25) is 0 Å². The van der Waals surface area contributed by atoms with Crippen molar-refractivity contribution in [3.63, 3.8) is 0 Å². The van der Waals surface area contributed by atoms with E-state index in [0.29, 0.717) is 15.6 Å². The molecule has 0 heterocycles. The fourth-order valence-corrected chi connectivity index (χ4v) is 6.10. The van der Waals surface area contributed by atoms with Crippen molar-refractivity contribution in [3.8, 4) is 0 Å². The summed E-state index contributed by atoms with van der Waals surface area (Å²) in [6, 6.07) is 12.7. The van der Waals surface area contributed by atoms with E-state index >= 15 is 0 Å². The van der Waals surface area contributed by atoms with Crippen LogP contribution in [0.15, 0.2) is 53.4 Å². The summed E-state index contributed by atoms with van der Waals surface area (Å²) in [6.07, 6.45) is 0. The molecule has 0 radical (unpaired) electrons. The van der Waals surface area contributed by atoms with Crippen molar-refractivity contribution in [2.45, 2.75) is 16.1 Å². The molecule has 2 atom stereocenters. The van der Waals surface area contributed by atoms with Gasteiger partial charge in [-0.1, -0.05) is 35.3 Å². The van der Waals surface area contributed by atoms with E-state index in [-0.39, 0.29) is 4.90 Å². The number of aliphatic hydroxyl groups is 2. The zero-order valence-electron chi connectivity index (χ0n) is 12.6. The third-order valence-electron chi connectivity index (χ3n) is 4.65. The normalized spacial score (nSPS) is 22.3. The predicted octanol–water partition coefficient (Wildman–Crippen LogP) is 2.90. The zero-order valence-corrected chi connectivity index (χ0v) is 14.9. The van der Waals surface area contributed by atoms with E-state index < -0.39 is 39.6 Å². The molecule has 1 aliphatic carbocycles. The van der Waals surface area contributed by atoms with Crippen LogP contribution in [-0.4, -0.2) is 37.1 Å². The number of sulfone groups is 1. The highest BCUT2D eigenvalue weighted by Crippen LogP contribution is 2.63. The summed E-state index contributed by atoms with van der Waals surface area (Å²) in [4.78, 5) is 0.118. The first-order chi connectivity index (χ1) is 11.4. The Morgan fingerprint density at radius 2 is 1.58 bits per heavy atom. The lowest BCUT2D eigenvalue weighted by molar-refractivity contribution is 0.130. The molecular formula is C17H16Cl2O4S. The Labute approximate surface area is 150 Å². The second kappa shape index (κ2) is 6.32. The van der Waals surface area contributed by atoms with Gasteiger partial charge in [0, 0.05) is 21.4 Å². The van der Waals surface area contributed by atoms with Crippen molar-refractivity contribution in [2.24, 2.45) is 5.41 Å². The number of rotatable bonds is 5. The maximum atomic E-state index is 13.0. The lowest BCUT2D eigenvalue weighted by Crippen LogP contribution is -2.23. The molecule has 0 amide bonds.